The number of piperidine rings is 1. The SMILES string of the molecule is Cc1[nH]cnc1C(=O)N1CCC[C@@H](CCc2c(F)cccc2F)C1. The van der Waals surface area contributed by atoms with Crippen molar-refractivity contribution in [3.8, 4) is 0 Å². The van der Waals surface area contributed by atoms with Gasteiger partial charge in [0.25, 0.3) is 5.91 Å². The van der Waals surface area contributed by atoms with Crippen LogP contribution in [-0.4, -0.2) is 33.9 Å². The molecule has 2 heterocycles. The lowest BCUT2D eigenvalue weighted by Crippen LogP contribution is -2.40. The monoisotopic (exact) mass is 333 g/mol. The summed E-state index contributed by atoms with van der Waals surface area (Å²) >= 11 is 0. The summed E-state index contributed by atoms with van der Waals surface area (Å²) in [5.74, 6) is -0.812. The van der Waals surface area contributed by atoms with Crippen LogP contribution >= 0.6 is 0 Å². The van der Waals surface area contributed by atoms with Gasteiger partial charge in [-0.05, 0) is 50.7 Å². The van der Waals surface area contributed by atoms with Crippen LogP contribution in [0.15, 0.2) is 24.5 Å². The Morgan fingerprint density at radius 1 is 1.38 bits per heavy atom. The van der Waals surface area contributed by atoms with Crippen LogP contribution in [0.4, 0.5) is 8.78 Å². The average Bonchev–Trinajstić information content (AvgIpc) is 3.00. The predicted molar refractivity (Wildman–Crippen MR) is 86.6 cm³/mol. The molecule has 1 aliphatic heterocycles. The molecule has 24 heavy (non-hydrogen) atoms. The molecule has 0 bridgehead atoms. The minimum Gasteiger partial charge on any atom is -0.348 e. The highest BCUT2D eigenvalue weighted by molar-refractivity contribution is 5.93. The maximum atomic E-state index is 13.7. The van der Waals surface area contributed by atoms with E-state index in [4.69, 9.17) is 0 Å². The number of aromatic amines is 1. The van der Waals surface area contributed by atoms with Crippen LogP contribution in [0.1, 0.15) is 41.0 Å². The van der Waals surface area contributed by atoms with Gasteiger partial charge in [0.05, 0.1) is 6.33 Å². The maximum absolute atomic E-state index is 13.7. The van der Waals surface area contributed by atoms with E-state index >= 15 is 0 Å². The number of nitrogens with one attached hydrogen (secondary N) is 1. The number of carbonyl (C=O) groups excluding carboxylic acids is 1. The molecule has 1 amide bonds. The lowest BCUT2D eigenvalue weighted by molar-refractivity contribution is 0.0662. The van der Waals surface area contributed by atoms with Crippen molar-refractivity contribution in [2.24, 2.45) is 5.92 Å². The molecule has 4 nitrogen and oxygen atoms in total. The minimum atomic E-state index is -0.495. The number of H-pyrrole nitrogens is 1. The Balaban J connectivity index is 1.62. The molecule has 1 aliphatic rings. The van der Waals surface area contributed by atoms with Crippen molar-refractivity contribution in [1.29, 1.82) is 0 Å². The molecule has 1 saturated heterocycles. The number of nitrogens with zero attached hydrogens (tertiary/aromatic N) is 2. The first kappa shape index (κ1) is 16.6. The quantitative estimate of drug-likeness (QED) is 0.931. The summed E-state index contributed by atoms with van der Waals surface area (Å²) in [6.45, 7) is 3.14. The Kier molecular flexibility index (Phi) is 4.92. The third-order valence-electron chi connectivity index (χ3n) is 4.70. The smallest absolute Gasteiger partial charge is 0.274 e. The number of amides is 1. The van der Waals surface area contributed by atoms with Crippen molar-refractivity contribution in [2.45, 2.75) is 32.6 Å². The first-order chi connectivity index (χ1) is 11.6. The zero-order valence-corrected chi connectivity index (χ0v) is 13.7. The van der Waals surface area contributed by atoms with Crippen LogP contribution in [0.2, 0.25) is 0 Å². The van der Waals surface area contributed by atoms with Gasteiger partial charge in [-0.2, -0.15) is 0 Å². The molecule has 6 heteroatoms. The summed E-state index contributed by atoms with van der Waals surface area (Å²) in [6, 6.07) is 3.95. The van der Waals surface area contributed by atoms with Gasteiger partial charge in [-0.1, -0.05) is 6.07 Å². The zero-order valence-electron chi connectivity index (χ0n) is 13.7. The van der Waals surface area contributed by atoms with Gasteiger partial charge >= 0.3 is 0 Å². The van der Waals surface area contributed by atoms with Crippen molar-refractivity contribution in [2.75, 3.05) is 13.1 Å². The predicted octanol–water partition coefficient (Wildman–Crippen LogP) is 3.48. The molecule has 0 radical (unpaired) electrons. The van der Waals surface area contributed by atoms with E-state index in [0.29, 0.717) is 31.6 Å². The summed E-state index contributed by atoms with van der Waals surface area (Å²) in [7, 11) is 0. The summed E-state index contributed by atoms with van der Waals surface area (Å²) in [5, 5.41) is 0. The number of imidazole rings is 1. The standard InChI is InChI=1S/C18H21F2N3O/c1-12-17(22-11-21-12)18(24)23-9-3-4-13(10-23)7-8-14-15(19)5-2-6-16(14)20/h2,5-6,11,13H,3-4,7-10H2,1H3,(H,21,22)/t13-/m0/s1. The highest BCUT2D eigenvalue weighted by Crippen LogP contribution is 2.24. The molecule has 3 rings (SSSR count). The van der Waals surface area contributed by atoms with E-state index < -0.39 is 11.6 Å². The van der Waals surface area contributed by atoms with Crippen LogP contribution in [0, 0.1) is 24.5 Å². The molecular formula is C18H21F2N3O. The molecule has 1 fully saturated rings. The molecule has 0 unspecified atom stereocenters. The molecule has 0 saturated carbocycles. The number of halogens is 2. The third kappa shape index (κ3) is 3.47. The first-order valence-corrected chi connectivity index (χ1v) is 8.28. The van der Waals surface area contributed by atoms with E-state index in [1.807, 2.05) is 6.92 Å². The van der Waals surface area contributed by atoms with Crippen LogP contribution in [0.3, 0.4) is 0 Å². The Morgan fingerprint density at radius 2 is 2.12 bits per heavy atom. The van der Waals surface area contributed by atoms with Crippen LogP contribution < -0.4 is 0 Å². The summed E-state index contributed by atoms with van der Waals surface area (Å²) in [4.78, 5) is 21.3. The molecule has 0 aliphatic carbocycles. The number of rotatable bonds is 4. The zero-order chi connectivity index (χ0) is 17.1. The molecule has 128 valence electrons. The number of aryl methyl sites for hydroxylation is 1. The van der Waals surface area contributed by atoms with E-state index in [-0.39, 0.29) is 17.4 Å². The van der Waals surface area contributed by atoms with Gasteiger partial charge < -0.3 is 9.88 Å². The van der Waals surface area contributed by atoms with Crippen molar-refractivity contribution in [1.82, 2.24) is 14.9 Å². The summed E-state index contributed by atoms with van der Waals surface area (Å²) in [5.41, 5.74) is 1.36. The van der Waals surface area contributed by atoms with Crippen LogP contribution in [-0.2, 0) is 6.42 Å². The van der Waals surface area contributed by atoms with Gasteiger partial charge in [0.15, 0.2) is 0 Å². The van der Waals surface area contributed by atoms with Crippen LogP contribution in [0.5, 0.6) is 0 Å². The van der Waals surface area contributed by atoms with E-state index in [2.05, 4.69) is 9.97 Å². The van der Waals surface area contributed by atoms with Gasteiger partial charge in [0.2, 0.25) is 0 Å². The van der Waals surface area contributed by atoms with E-state index in [1.165, 1.54) is 24.5 Å². The fourth-order valence-corrected chi connectivity index (χ4v) is 3.33. The van der Waals surface area contributed by atoms with Crippen molar-refractivity contribution in [3.63, 3.8) is 0 Å². The molecule has 1 aromatic heterocycles. The number of carbonyl (C=O) groups is 1. The molecular weight excluding hydrogens is 312 g/mol. The van der Waals surface area contributed by atoms with Gasteiger partial charge in [-0.3, -0.25) is 4.79 Å². The van der Waals surface area contributed by atoms with E-state index in [9.17, 15) is 13.6 Å². The minimum absolute atomic E-state index is 0.0736. The Hall–Kier alpha value is -2.24. The number of hydrogen-bond donors (Lipinski definition) is 1. The first-order valence-electron chi connectivity index (χ1n) is 8.28. The van der Waals surface area contributed by atoms with Crippen molar-refractivity contribution < 1.29 is 13.6 Å². The highest BCUT2D eigenvalue weighted by Gasteiger charge is 2.26. The highest BCUT2D eigenvalue weighted by atomic mass is 19.1. The van der Waals surface area contributed by atoms with E-state index in [1.54, 1.807) is 4.90 Å². The number of benzene rings is 1. The van der Waals surface area contributed by atoms with Gasteiger partial charge in [-0.15, -0.1) is 0 Å². The second-order valence-electron chi connectivity index (χ2n) is 6.37. The molecule has 0 spiro atoms. The fraction of sp³-hybridized carbons (Fsp3) is 0.444. The largest absolute Gasteiger partial charge is 0.348 e. The van der Waals surface area contributed by atoms with Gasteiger partial charge in [-0.25, -0.2) is 13.8 Å². The Morgan fingerprint density at radius 3 is 2.79 bits per heavy atom. The normalized spacial score (nSPS) is 18.0. The number of hydrogen-bond acceptors (Lipinski definition) is 2. The molecule has 1 N–H and O–H groups in total. The molecule has 1 aromatic carbocycles. The van der Waals surface area contributed by atoms with Gasteiger partial charge in [0.1, 0.15) is 17.3 Å². The number of likely N-dealkylation sites (tertiary alicyclic amines) is 1. The average molecular weight is 333 g/mol. The maximum Gasteiger partial charge on any atom is 0.274 e. The van der Waals surface area contributed by atoms with Crippen LogP contribution in [0.25, 0.3) is 0 Å². The lowest BCUT2D eigenvalue weighted by atomic mass is 9.91. The second kappa shape index (κ2) is 7.11. The number of aromatic nitrogens is 2. The second-order valence-corrected chi connectivity index (χ2v) is 6.37. The topological polar surface area (TPSA) is 49.0 Å². The molecule has 1 atom stereocenters. The van der Waals surface area contributed by atoms with Crippen molar-refractivity contribution in [3.05, 3.63) is 53.1 Å². The Bertz CT molecular complexity index is 709. The fourth-order valence-electron chi connectivity index (χ4n) is 3.33. The van der Waals surface area contributed by atoms with Gasteiger partial charge in [0, 0.05) is 24.3 Å². The summed E-state index contributed by atoms with van der Waals surface area (Å²) in [6.07, 6.45) is 4.41. The third-order valence-corrected chi connectivity index (χ3v) is 4.70. The van der Waals surface area contributed by atoms with E-state index in [0.717, 1.165) is 18.5 Å². The summed E-state index contributed by atoms with van der Waals surface area (Å²) < 4.78 is 27.4. The Labute approximate surface area is 139 Å². The lowest BCUT2D eigenvalue weighted by Gasteiger charge is -2.32. The van der Waals surface area contributed by atoms with Crippen molar-refractivity contribution >= 4 is 5.91 Å². The molecule has 2 aromatic rings.